The van der Waals surface area contributed by atoms with Gasteiger partial charge < -0.3 is 9.84 Å². The van der Waals surface area contributed by atoms with Crippen LogP contribution in [-0.4, -0.2) is 24.3 Å². The van der Waals surface area contributed by atoms with Crippen LogP contribution in [0.4, 0.5) is 0 Å². The zero-order valence-electron chi connectivity index (χ0n) is 6.83. The van der Waals surface area contributed by atoms with Gasteiger partial charge in [0.2, 0.25) is 0 Å². The Hall–Kier alpha value is -0.570. The van der Waals surface area contributed by atoms with Gasteiger partial charge in [0.25, 0.3) is 6.47 Å². The van der Waals surface area contributed by atoms with Crippen LogP contribution in [0.1, 0.15) is 27.2 Å². The first-order valence-electron chi connectivity index (χ1n) is 3.38. The number of hydrogen-bond acceptors (Lipinski definition) is 3. The molecule has 62 valence electrons. The number of hydrogen-bond donors (Lipinski definition) is 1. The summed E-state index contributed by atoms with van der Waals surface area (Å²) in [5.74, 6) is 0. The summed E-state index contributed by atoms with van der Waals surface area (Å²) < 4.78 is 4.30. The van der Waals surface area contributed by atoms with E-state index in [4.69, 9.17) is 5.11 Å². The Labute approximate surface area is 62.0 Å². The monoisotopic (exact) mass is 148 g/mol. The minimum Gasteiger partial charge on any atom is -0.468 e. The van der Waals surface area contributed by atoms with Crippen molar-refractivity contribution < 1.29 is 14.6 Å². The molecule has 10 heavy (non-hydrogen) atoms. The molecule has 0 unspecified atom stereocenters. The van der Waals surface area contributed by atoms with E-state index in [9.17, 15) is 4.79 Å². The number of ether oxygens (including phenoxy) is 1. The zero-order chi connectivity index (χ0) is 8.41. The summed E-state index contributed by atoms with van der Waals surface area (Å²) in [5, 5.41) is 8.06. The maximum absolute atomic E-state index is 9.34. The Bertz CT molecular complexity index is 59.1. The summed E-state index contributed by atoms with van der Waals surface area (Å²) in [4.78, 5) is 9.34. The highest BCUT2D eigenvalue weighted by atomic mass is 16.5. The van der Waals surface area contributed by atoms with Crippen molar-refractivity contribution in [2.24, 2.45) is 0 Å². The lowest BCUT2D eigenvalue weighted by Crippen LogP contribution is -1.86. The molecule has 0 spiro atoms. The van der Waals surface area contributed by atoms with Crippen molar-refractivity contribution in [3.8, 4) is 0 Å². The minimum atomic E-state index is -0.167. The largest absolute Gasteiger partial charge is 0.468 e. The van der Waals surface area contributed by atoms with E-state index in [2.05, 4.69) is 4.74 Å². The van der Waals surface area contributed by atoms with Crippen LogP contribution in [0, 0.1) is 0 Å². The minimum absolute atomic E-state index is 0.167. The van der Waals surface area contributed by atoms with Gasteiger partial charge >= 0.3 is 0 Å². The fraction of sp³-hybridized carbons (Fsp3) is 0.857. The average molecular weight is 148 g/mol. The van der Waals surface area contributed by atoms with Crippen molar-refractivity contribution in [3.63, 3.8) is 0 Å². The SMILES string of the molecule is CC(C)O.CCCOC=O. The van der Waals surface area contributed by atoms with Gasteiger partial charge in [-0.3, -0.25) is 4.79 Å². The molecule has 0 aliphatic heterocycles. The van der Waals surface area contributed by atoms with Gasteiger partial charge in [0.1, 0.15) is 0 Å². The maximum Gasteiger partial charge on any atom is 0.293 e. The lowest BCUT2D eigenvalue weighted by molar-refractivity contribution is -0.128. The standard InChI is InChI=1S/C4H8O2.C3H8O/c1-2-3-6-4-5;1-3(2)4/h4H,2-3H2,1H3;3-4H,1-2H3. The van der Waals surface area contributed by atoms with Crippen molar-refractivity contribution >= 4 is 6.47 Å². The second-order valence-electron chi connectivity index (χ2n) is 2.06. The van der Waals surface area contributed by atoms with E-state index >= 15 is 0 Å². The lowest BCUT2D eigenvalue weighted by Gasteiger charge is -1.86. The fourth-order valence-electron chi connectivity index (χ4n) is 0.166. The quantitative estimate of drug-likeness (QED) is 0.479. The number of aliphatic hydroxyl groups excluding tert-OH is 1. The van der Waals surface area contributed by atoms with Crippen molar-refractivity contribution in [2.45, 2.75) is 33.3 Å². The predicted molar refractivity (Wildman–Crippen MR) is 39.7 cm³/mol. The smallest absolute Gasteiger partial charge is 0.293 e. The molecular weight excluding hydrogens is 132 g/mol. The second kappa shape index (κ2) is 11.3. The molecule has 0 radical (unpaired) electrons. The summed E-state index contributed by atoms with van der Waals surface area (Å²) in [5.41, 5.74) is 0. The van der Waals surface area contributed by atoms with Crippen LogP contribution >= 0.6 is 0 Å². The highest BCUT2D eigenvalue weighted by molar-refractivity contribution is 5.36. The van der Waals surface area contributed by atoms with E-state index in [1.807, 2.05) is 6.92 Å². The van der Waals surface area contributed by atoms with Gasteiger partial charge in [-0.25, -0.2) is 0 Å². The van der Waals surface area contributed by atoms with Crippen LogP contribution in [0.2, 0.25) is 0 Å². The van der Waals surface area contributed by atoms with Crippen LogP contribution in [0.5, 0.6) is 0 Å². The van der Waals surface area contributed by atoms with E-state index < -0.39 is 0 Å². The normalized spacial score (nSPS) is 8.10. The summed E-state index contributed by atoms with van der Waals surface area (Å²) in [6, 6.07) is 0. The number of rotatable bonds is 3. The molecule has 3 heteroatoms. The highest BCUT2D eigenvalue weighted by Gasteiger charge is 1.71. The molecular formula is C7H16O3. The molecule has 0 heterocycles. The Kier molecular flexibility index (Phi) is 13.7. The molecule has 1 N–H and O–H groups in total. The van der Waals surface area contributed by atoms with Crippen LogP contribution in [0.15, 0.2) is 0 Å². The van der Waals surface area contributed by atoms with Crippen molar-refractivity contribution in [1.82, 2.24) is 0 Å². The molecule has 0 aromatic carbocycles. The van der Waals surface area contributed by atoms with Crippen molar-refractivity contribution in [3.05, 3.63) is 0 Å². The molecule has 0 aromatic rings. The fourth-order valence-corrected chi connectivity index (χ4v) is 0.166. The molecule has 3 nitrogen and oxygen atoms in total. The van der Waals surface area contributed by atoms with Crippen molar-refractivity contribution in [2.75, 3.05) is 6.61 Å². The molecule has 0 aliphatic rings. The number of carbonyl (C=O) groups is 1. The molecule has 0 aromatic heterocycles. The molecule has 0 saturated carbocycles. The first-order chi connectivity index (χ1) is 4.65. The van der Waals surface area contributed by atoms with E-state index in [0.717, 1.165) is 6.42 Å². The molecule has 0 bridgehead atoms. The van der Waals surface area contributed by atoms with Gasteiger partial charge in [0.05, 0.1) is 6.61 Å². The topological polar surface area (TPSA) is 46.5 Å². The third-order valence-corrected chi connectivity index (χ3v) is 0.390. The predicted octanol–water partition coefficient (Wildman–Crippen LogP) is 0.956. The zero-order valence-corrected chi connectivity index (χ0v) is 6.83. The van der Waals surface area contributed by atoms with E-state index in [1.54, 1.807) is 13.8 Å². The Morgan fingerprint density at radius 3 is 2.10 bits per heavy atom. The van der Waals surface area contributed by atoms with Crippen LogP contribution < -0.4 is 0 Å². The van der Waals surface area contributed by atoms with E-state index in [0.29, 0.717) is 13.1 Å². The van der Waals surface area contributed by atoms with Crippen LogP contribution in [0.3, 0.4) is 0 Å². The average Bonchev–Trinajstić information content (AvgIpc) is 1.82. The number of carbonyl (C=O) groups excluding carboxylic acids is 1. The van der Waals surface area contributed by atoms with Crippen LogP contribution in [-0.2, 0) is 9.53 Å². The van der Waals surface area contributed by atoms with Crippen molar-refractivity contribution in [1.29, 1.82) is 0 Å². The first kappa shape index (κ1) is 12.1. The van der Waals surface area contributed by atoms with Gasteiger partial charge in [-0.05, 0) is 20.3 Å². The van der Waals surface area contributed by atoms with E-state index in [-0.39, 0.29) is 6.10 Å². The Morgan fingerprint density at radius 1 is 1.60 bits per heavy atom. The summed E-state index contributed by atoms with van der Waals surface area (Å²) in [6.07, 6.45) is 0.735. The van der Waals surface area contributed by atoms with Crippen LogP contribution in [0.25, 0.3) is 0 Å². The molecule has 0 rings (SSSR count). The third kappa shape index (κ3) is 52.0. The third-order valence-electron chi connectivity index (χ3n) is 0.390. The number of aliphatic hydroxyl groups is 1. The van der Waals surface area contributed by atoms with Gasteiger partial charge in [0, 0.05) is 6.10 Å². The highest BCUT2D eigenvalue weighted by Crippen LogP contribution is 1.71. The second-order valence-corrected chi connectivity index (χ2v) is 2.06. The van der Waals surface area contributed by atoms with Gasteiger partial charge in [-0.1, -0.05) is 6.92 Å². The Balaban J connectivity index is 0. The molecule has 0 amide bonds. The van der Waals surface area contributed by atoms with Gasteiger partial charge in [-0.2, -0.15) is 0 Å². The lowest BCUT2D eigenvalue weighted by atomic mass is 10.5. The first-order valence-corrected chi connectivity index (χ1v) is 3.38. The summed E-state index contributed by atoms with van der Waals surface area (Å²) in [7, 11) is 0. The summed E-state index contributed by atoms with van der Waals surface area (Å²) in [6.45, 7) is 6.40. The molecule has 0 atom stereocenters. The molecule has 0 saturated heterocycles. The molecule has 0 fully saturated rings. The maximum atomic E-state index is 9.34. The Morgan fingerprint density at radius 2 is 2.00 bits per heavy atom. The molecule has 0 aliphatic carbocycles. The van der Waals surface area contributed by atoms with Gasteiger partial charge in [0.15, 0.2) is 0 Å². The van der Waals surface area contributed by atoms with E-state index in [1.165, 1.54) is 0 Å². The van der Waals surface area contributed by atoms with Gasteiger partial charge in [-0.15, -0.1) is 0 Å². The summed E-state index contributed by atoms with van der Waals surface area (Å²) >= 11 is 0.